The molecule has 0 aliphatic rings. The summed E-state index contributed by atoms with van der Waals surface area (Å²) in [5.41, 5.74) is -0.283. The second kappa shape index (κ2) is 5.02. The monoisotopic (exact) mass is 297 g/mol. The fourth-order valence-electron chi connectivity index (χ4n) is 1.72. The third kappa shape index (κ3) is 3.01. The number of hydrogen-bond acceptors (Lipinski definition) is 3. The quantitative estimate of drug-likeness (QED) is 0.906. The van der Waals surface area contributed by atoms with Crippen LogP contribution < -0.4 is 10.1 Å². The Hall–Kier alpha value is -1.26. The van der Waals surface area contributed by atoms with Crippen molar-refractivity contribution in [1.82, 2.24) is 5.32 Å². The van der Waals surface area contributed by atoms with Gasteiger partial charge in [0, 0.05) is 15.6 Å². The van der Waals surface area contributed by atoms with E-state index < -0.39 is 0 Å². The van der Waals surface area contributed by atoms with Crippen LogP contribution >= 0.6 is 22.9 Å². The highest BCUT2D eigenvalue weighted by Crippen LogP contribution is 2.37. The molecule has 1 heterocycles. The van der Waals surface area contributed by atoms with Crippen molar-refractivity contribution in [3.8, 4) is 5.75 Å². The molecule has 0 radical (unpaired) electrons. The van der Waals surface area contributed by atoms with Crippen LogP contribution in [0.4, 0.5) is 0 Å². The minimum Gasteiger partial charge on any atom is -0.497 e. The van der Waals surface area contributed by atoms with Gasteiger partial charge in [-0.1, -0.05) is 11.6 Å². The molecule has 1 aromatic carbocycles. The molecule has 1 amide bonds. The second-order valence-electron chi connectivity index (χ2n) is 5.31. The van der Waals surface area contributed by atoms with Crippen LogP contribution in [-0.2, 0) is 0 Å². The molecule has 0 saturated heterocycles. The van der Waals surface area contributed by atoms with Crippen LogP contribution in [0.25, 0.3) is 10.1 Å². The zero-order chi connectivity index (χ0) is 14.2. The van der Waals surface area contributed by atoms with Crippen molar-refractivity contribution in [3.05, 3.63) is 28.1 Å². The summed E-state index contributed by atoms with van der Waals surface area (Å²) in [5, 5.41) is 4.26. The molecule has 0 atom stereocenters. The van der Waals surface area contributed by atoms with Crippen LogP contribution in [0.15, 0.2) is 18.2 Å². The van der Waals surface area contributed by atoms with Crippen molar-refractivity contribution in [2.45, 2.75) is 26.3 Å². The highest BCUT2D eigenvalue weighted by molar-refractivity contribution is 7.21. The van der Waals surface area contributed by atoms with E-state index in [0.717, 1.165) is 15.8 Å². The molecular weight excluding hydrogens is 282 g/mol. The Morgan fingerprint density at radius 3 is 2.63 bits per heavy atom. The molecule has 5 heteroatoms. The lowest BCUT2D eigenvalue weighted by atomic mass is 10.1. The fraction of sp³-hybridized carbons (Fsp3) is 0.357. The SMILES string of the molecule is COc1ccc2sc(C(=O)NC(C)(C)C)c(Cl)c2c1. The van der Waals surface area contributed by atoms with E-state index in [4.69, 9.17) is 16.3 Å². The van der Waals surface area contributed by atoms with Crippen LogP contribution in [0.5, 0.6) is 5.75 Å². The van der Waals surface area contributed by atoms with Gasteiger partial charge in [-0.2, -0.15) is 0 Å². The average Bonchev–Trinajstić information content (AvgIpc) is 2.64. The van der Waals surface area contributed by atoms with E-state index in [-0.39, 0.29) is 11.4 Å². The number of rotatable bonds is 2. The molecular formula is C14H16ClNO2S. The topological polar surface area (TPSA) is 38.3 Å². The van der Waals surface area contributed by atoms with Gasteiger partial charge in [-0.3, -0.25) is 4.79 Å². The fourth-order valence-corrected chi connectivity index (χ4v) is 3.10. The predicted molar refractivity (Wildman–Crippen MR) is 80.6 cm³/mol. The van der Waals surface area contributed by atoms with E-state index in [1.165, 1.54) is 11.3 Å². The van der Waals surface area contributed by atoms with Crippen molar-refractivity contribution < 1.29 is 9.53 Å². The Morgan fingerprint density at radius 1 is 1.37 bits per heavy atom. The molecule has 2 aromatic rings. The van der Waals surface area contributed by atoms with Gasteiger partial charge in [0.15, 0.2) is 0 Å². The number of benzene rings is 1. The number of ether oxygens (including phenoxy) is 1. The number of thiophene rings is 1. The normalized spacial score (nSPS) is 11.6. The largest absolute Gasteiger partial charge is 0.497 e. The summed E-state index contributed by atoms with van der Waals surface area (Å²) in [6.07, 6.45) is 0. The number of carbonyl (C=O) groups is 1. The maximum absolute atomic E-state index is 12.2. The number of carbonyl (C=O) groups excluding carboxylic acids is 1. The van der Waals surface area contributed by atoms with Gasteiger partial charge in [0.25, 0.3) is 5.91 Å². The second-order valence-corrected chi connectivity index (χ2v) is 6.74. The number of fused-ring (bicyclic) bond motifs is 1. The molecule has 0 spiro atoms. The summed E-state index contributed by atoms with van der Waals surface area (Å²) in [4.78, 5) is 12.7. The molecule has 0 unspecified atom stereocenters. The van der Waals surface area contributed by atoms with Gasteiger partial charge in [0.2, 0.25) is 0 Å². The highest BCUT2D eigenvalue weighted by Gasteiger charge is 2.21. The molecule has 0 fully saturated rings. The first-order chi connectivity index (χ1) is 8.81. The molecule has 0 aliphatic carbocycles. The van der Waals surface area contributed by atoms with Gasteiger partial charge in [0.05, 0.1) is 12.1 Å². The maximum Gasteiger partial charge on any atom is 0.263 e. The van der Waals surface area contributed by atoms with Crippen LogP contribution in [0, 0.1) is 0 Å². The predicted octanol–water partition coefficient (Wildman–Crippen LogP) is 4.09. The molecule has 19 heavy (non-hydrogen) atoms. The van der Waals surface area contributed by atoms with Crippen LogP contribution in [0.3, 0.4) is 0 Å². The summed E-state index contributed by atoms with van der Waals surface area (Å²) in [6.45, 7) is 5.82. The van der Waals surface area contributed by atoms with E-state index in [1.54, 1.807) is 7.11 Å². The highest BCUT2D eigenvalue weighted by atomic mass is 35.5. The Balaban J connectivity index is 2.45. The summed E-state index contributed by atoms with van der Waals surface area (Å²) in [5.74, 6) is 0.590. The Kier molecular flexibility index (Phi) is 3.74. The van der Waals surface area contributed by atoms with E-state index in [1.807, 2.05) is 39.0 Å². The Labute approximate surface area is 121 Å². The third-order valence-electron chi connectivity index (χ3n) is 2.53. The lowest BCUT2D eigenvalue weighted by molar-refractivity contribution is 0.0924. The van der Waals surface area contributed by atoms with Gasteiger partial charge in [-0.15, -0.1) is 11.3 Å². The van der Waals surface area contributed by atoms with Gasteiger partial charge < -0.3 is 10.1 Å². The minimum atomic E-state index is -0.283. The maximum atomic E-state index is 12.2. The van der Waals surface area contributed by atoms with E-state index in [0.29, 0.717) is 9.90 Å². The number of methoxy groups -OCH3 is 1. The van der Waals surface area contributed by atoms with Crippen molar-refractivity contribution in [1.29, 1.82) is 0 Å². The Morgan fingerprint density at radius 2 is 2.05 bits per heavy atom. The number of nitrogens with one attached hydrogen (secondary N) is 1. The summed E-state index contributed by atoms with van der Waals surface area (Å²) < 4.78 is 6.15. The molecule has 1 aromatic heterocycles. The molecule has 1 N–H and O–H groups in total. The van der Waals surface area contributed by atoms with Gasteiger partial charge in [0.1, 0.15) is 10.6 Å². The molecule has 3 nitrogen and oxygen atoms in total. The van der Waals surface area contributed by atoms with Crippen LogP contribution in [0.1, 0.15) is 30.4 Å². The van der Waals surface area contributed by atoms with Crippen molar-refractivity contribution in [2.75, 3.05) is 7.11 Å². The van der Waals surface area contributed by atoms with Crippen molar-refractivity contribution in [2.24, 2.45) is 0 Å². The molecule has 2 rings (SSSR count). The van der Waals surface area contributed by atoms with E-state index in [2.05, 4.69) is 5.32 Å². The average molecular weight is 298 g/mol. The van der Waals surface area contributed by atoms with Crippen molar-refractivity contribution >= 4 is 38.9 Å². The summed E-state index contributed by atoms with van der Waals surface area (Å²) in [6, 6.07) is 5.63. The molecule has 0 aliphatic heterocycles. The number of amides is 1. The van der Waals surface area contributed by atoms with Crippen LogP contribution in [0.2, 0.25) is 5.02 Å². The standard InChI is InChI=1S/C14H16ClNO2S/c1-14(2,3)16-13(17)12-11(15)9-7-8(18-4)5-6-10(9)19-12/h5-7H,1-4H3,(H,16,17). The van der Waals surface area contributed by atoms with E-state index >= 15 is 0 Å². The zero-order valence-corrected chi connectivity index (χ0v) is 12.9. The third-order valence-corrected chi connectivity index (χ3v) is 4.20. The first kappa shape index (κ1) is 14.2. The zero-order valence-electron chi connectivity index (χ0n) is 11.3. The van der Waals surface area contributed by atoms with Gasteiger partial charge in [-0.25, -0.2) is 0 Å². The van der Waals surface area contributed by atoms with Gasteiger partial charge in [-0.05, 0) is 39.0 Å². The van der Waals surface area contributed by atoms with Crippen molar-refractivity contribution in [3.63, 3.8) is 0 Å². The van der Waals surface area contributed by atoms with Crippen LogP contribution in [-0.4, -0.2) is 18.6 Å². The number of hydrogen-bond donors (Lipinski definition) is 1. The smallest absolute Gasteiger partial charge is 0.263 e. The molecule has 0 saturated carbocycles. The first-order valence-corrected chi connectivity index (χ1v) is 7.10. The lowest BCUT2D eigenvalue weighted by Crippen LogP contribution is -2.40. The number of halogens is 1. The molecule has 102 valence electrons. The minimum absolute atomic E-state index is 0.141. The first-order valence-electron chi connectivity index (χ1n) is 5.90. The Bertz CT molecular complexity index is 628. The summed E-state index contributed by atoms with van der Waals surface area (Å²) in [7, 11) is 1.61. The lowest BCUT2D eigenvalue weighted by Gasteiger charge is -2.19. The molecule has 0 bridgehead atoms. The van der Waals surface area contributed by atoms with E-state index in [9.17, 15) is 4.79 Å². The summed E-state index contributed by atoms with van der Waals surface area (Å²) >= 11 is 7.70. The van der Waals surface area contributed by atoms with Gasteiger partial charge >= 0.3 is 0 Å².